The second-order valence-electron chi connectivity index (χ2n) is 5.05. The summed E-state index contributed by atoms with van der Waals surface area (Å²) in [5.41, 5.74) is 2.27. The molecule has 0 fully saturated rings. The van der Waals surface area contributed by atoms with Gasteiger partial charge in [-0.25, -0.2) is 0 Å². The van der Waals surface area contributed by atoms with Gasteiger partial charge < -0.3 is 10.6 Å². The summed E-state index contributed by atoms with van der Waals surface area (Å²) in [5, 5.41) is 6.45. The van der Waals surface area contributed by atoms with Crippen LogP contribution in [-0.2, 0) is 16.1 Å². The molecule has 0 radical (unpaired) electrons. The maximum Gasteiger partial charge on any atom is 0.233 e. The topological polar surface area (TPSA) is 58.2 Å². The highest BCUT2D eigenvalue weighted by molar-refractivity contribution is 6.31. The molecule has 0 bridgehead atoms. The highest BCUT2D eigenvalue weighted by atomic mass is 35.5. The molecule has 120 valence electrons. The number of halogens is 2. The highest BCUT2D eigenvalue weighted by Gasteiger charge is 2.11. The number of rotatable bonds is 5. The molecule has 2 N–H and O–H groups in total. The van der Waals surface area contributed by atoms with Crippen molar-refractivity contribution in [2.75, 3.05) is 5.32 Å². The van der Waals surface area contributed by atoms with Crippen LogP contribution in [0.25, 0.3) is 0 Å². The van der Waals surface area contributed by atoms with E-state index in [1.165, 1.54) is 0 Å². The monoisotopic (exact) mass is 350 g/mol. The van der Waals surface area contributed by atoms with E-state index in [9.17, 15) is 9.59 Å². The third-order valence-corrected chi connectivity index (χ3v) is 3.83. The molecule has 0 heterocycles. The van der Waals surface area contributed by atoms with Crippen molar-refractivity contribution in [2.24, 2.45) is 0 Å². The first-order valence-electron chi connectivity index (χ1n) is 7.02. The van der Waals surface area contributed by atoms with Crippen molar-refractivity contribution in [3.05, 3.63) is 63.6 Å². The number of aryl methyl sites for hydroxylation is 1. The molecule has 0 unspecified atom stereocenters. The van der Waals surface area contributed by atoms with Crippen molar-refractivity contribution < 1.29 is 9.59 Å². The summed E-state index contributed by atoms with van der Waals surface area (Å²) in [6.45, 7) is 2.13. The maximum atomic E-state index is 11.9. The van der Waals surface area contributed by atoms with Crippen LogP contribution in [0.3, 0.4) is 0 Å². The molecule has 0 aliphatic carbocycles. The molecule has 23 heavy (non-hydrogen) atoms. The van der Waals surface area contributed by atoms with Gasteiger partial charge in [-0.1, -0.05) is 47.5 Å². The number of hydrogen-bond acceptors (Lipinski definition) is 2. The summed E-state index contributed by atoms with van der Waals surface area (Å²) in [5.74, 6) is -0.769. The Morgan fingerprint density at radius 3 is 2.52 bits per heavy atom. The van der Waals surface area contributed by atoms with E-state index < -0.39 is 5.91 Å². The fourth-order valence-electron chi connectivity index (χ4n) is 1.97. The summed E-state index contributed by atoms with van der Waals surface area (Å²) in [6, 6.07) is 12.4. The van der Waals surface area contributed by atoms with E-state index in [4.69, 9.17) is 23.2 Å². The fraction of sp³-hybridized carbons (Fsp3) is 0.176. The van der Waals surface area contributed by atoms with Crippen molar-refractivity contribution in [1.29, 1.82) is 0 Å². The molecule has 0 spiro atoms. The molecule has 0 atom stereocenters. The van der Waals surface area contributed by atoms with Crippen LogP contribution in [0, 0.1) is 6.92 Å². The Labute approximate surface area is 144 Å². The SMILES string of the molecule is Cc1ccc(Cl)cc1NC(=O)CC(=O)NCc1ccccc1Cl. The molecule has 6 heteroatoms. The van der Waals surface area contributed by atoms with E-state index in [-0.39, 0.29) is 18.9 Å². The summed E-state index contributed by atoms with van der Waals surface area (Å²) in [7, 11) is 0. The molecule has 4 nitrogen and oxygen atoms in total. The molecule has 2 rings (SSSR count). The zero-order chi connectivity index (χ0) is 16.8. The molecular formula is C17H16Cl2N2O2. The Morgan fingerprint density at radius 1 is 1.04 bits per heavy atom. The molecule has 0 aliphatic heterocycles. The molecule has 0 aromatic heterocycles. The van der Waals surface area contributed by atoms with Crippen molar-refractivity contribution in [1.82, 2.24) is 5.32 Å². The van der Waals surface area contributed by atoms with E-state index in [0.29, 0.717) is 15.7 Å². The number of carbonyl (C=O) groups excluding carboxylic acids is 2. The first-order chi connectivity index (χ1) is 11.0. The number of carbonyl (C=O) groups is 2. The summed E-state index contributed by atoms with van der Waals surface area (Å²) in [4.78, 5) is 23.8. The Morgan fingerprint density at radius 2 is 1.78 bits per heavy atom. The first kappa shape index (κ1) is 17.3. The average molecular weight is 351 g/mol. The van der Waals surface area contributed by atoms with Crippen LogP contribution >= 0.6 is 23.2 Å². The van der Waals surface area contributed by atoms with Crippen LogP contribution in [0.2, 0.25) is 10.0 Å². The molecule has 2 aromatic carbocycles. The minimum absolute atomic E-state index is 0.267. The Kier molecular flexibility index (Phi) is 6.02. The zero-order valence-electron chi connectivity index (χ0n) is 12.5. The molecule has 2 amide bonds. The van der Waals surface area contributed by atoms with Gasteiger partial charge in [0, 0.05) is 22.3 Å². The second kappa shape index (κ2) is 7.99. The van der Waals surface area contributed by atoms with Gasteiger partial charge in [0.25, 0.3) is 0 Å². The highest BCUT2D eigenvalue weighted by Crippen LogP contribution is 2.20. The number of amides is 2. The van der Waals surface area contributed by atoms with Crippen LogP contribution in [0.1, 0.15) is 17.5 Å². The maximum absolute atomic E-state index is 11.9. The van der Waals surface area contributed by atoms with Crippen LogP contribution in [0.5, 0.6) is 0 Å². The molecule has 0 aliphatic rings. The average Bonchev–Trinajstić information content (AvgIpc) is 2.50. The lowest BCUT2D eigenvalue weighted by atomic mass is 10.2. The second-order valence-corrected chi connectivity index (χ2v) is 5.90. The van der Waals surface area contributed by atoms with Gasteiger partial charge in [0.05, 0.1) is 0 Å². The van der Waals surface area contributed by atoms with E-state index in [1.54, 1.807) is 24.3 Å². The van der Waals surface area contributed by atoms with Gasteiger partial charge in [-0.3, -0.25) is 9.59 Å². The van der Waals surface area contributed by atoms with Gasteiger partial charge in [0.1, 0.15) is 6.42 Å². The number of nitrogens with one attached hydrogen (secondary N) is 2. The van der Waals surface area contributed by atoms with Crippen LogP contribution in [-0.4, -0.2) is 11.8 Å². The molecule has 2 aromatic rings. The van der Waals surface area contributed by atoms with Gasteiger partial charge in [-0.2, -0.15) is 0 Å². The van der Waals surface area contributed by atoms with Crippen LogP contribution < -0.4 is 10.6 Å². The molecular weight excluding hydrogens is 335 g/mol. The van der Waals surface area contributed by atoms with Gasteiger partial charge >= 0.3 is 0 Å². The number of benzene rings is 2. The predicted molar refractivity (Wildman–Crippen MR) is 92.7 cm³/mol. The minimum Gasteiger partial charge on any atom is -0.352 e. The first-order valence-corrected chi connectivity index (χ1v) is 7.77. The standard InChI is InChI=1S/C17H16Cl2N2O2/c1-11-6-7-13(18)8-15(11)21-17(23)9-16(22)20-10-12-4-2-3-5-14(12)19/h2-8H,9-10H2,1H3,(H,20,22)(H,21,23). The Bertz CT molecular complexity index is 732. The van der Waals surface area contributed by atoms with Gasteiger partial charge in [-0.05, 0) is 36.2 Å². The van der Waals surface area contributed by atoms with E-state index in [2.05, 4.69) is 10.6 Å². The molecule has 0 saturated carbocycles. The summed E-state index contributed by atoms with van der Waals surface area (Å²) >= 11 is 11.9. The minimum atomic E-state index is -0.396. The van der Waals surface area contributed by atoms with Gasteiger partial charge in [-0.15, -0.1) is 0 Å². The van der Waals surface area contributed by atoms with Crippen molar-refractivity contribution in [3.8, 4) is 0 Å². The predicted octanol–water partition coefficient (Wildman–Crippen LogP) is 3.95. The van der Waals surface area contributed by atoms with Gasteiger partial charge in [0.2, 0.25) is 11.8 Å². The third-order valence-electron chi connectivity index (χ3n) is 3.23. The number of anilines is 1. The lowest BCUT2D eigenvalue weighted by Crippen LogP contribution is -2.28. The quantitative estimate of drug-likeness (QED) is 0.802. The largest absolute Gasteiger partial charge is 0.352 e. The van der Waals surface area contributed by atoms with Crippen molar-refractivity contribution >= 4 is 40.7 Å². The van der Waals surface area contributed by atoms with E-state index in [0.717, 1.165) is 11.1 Å². The van der Waals surface area contributed by atoms with E-state index in [1.807, 2.05) is 25.1 Å². The van der Waals surface area contributed by atoms with E-state index >= 15 is 0 Å². The lowest BCUT2D eigenvalue weighted by molar-refractivity contribution is -0.126. The summed E-state index contributed by atoms with van der Waals surface area (Å²) < 4.78 is 0. The third kappa shape index (κ3) is 5.27. The van der Waals surface area contributed by atoms with Crippen molar-refractivity contribution in [2.45, 2.75) is 19.9 Å². The normalized spacial score (nSPS) is 10.2. The van der Waals surface area contributed by atoms with Crippen LogP contribution in [0.4, 0.5) is 5.69 Å². The number of hydrogen-bond donors (Lipinski definition) is 2. The Balaban J connectivity index is 1.86. The van der Waals surface area contributed by atoms with Gasteiger partial charge in [0.15, 0.2) is 0 Å². The smallest absolute Gasteiger partial charge is 0.233 e. The van der Waals surface area contributed by atoms with Crippen LogP contribution in [0.15, 0.2) is 42.5 Å². The zero-order valence-corrected chi connectivity index (χ0v) is 14.0. The van der Waals surface area contributed by atoms with Crippen molar-refractivity contribution in [3.63, 3.8) is 0 Å². The fourth-order valence-corrected chi connectivity index (χ4v) is 2.34. The summed E-state index contributed by atoms with van der Waals surface area (Å²) in [6.07, 6.45) is -0.267. The lowest BCUT2D eigenvalue weighted by Gasteiger charge is -2.10. The molecule has 0 saturated heterocycles. The Hall–Kier alpha value is -2.04.